The van der Waals surface area contributed by atoms with Crippen LogP contribution in [0.3, 0.4) is 0 Å². The van der Waals surface area contributed by atoms with E-state index in [1.165, 1.54) is 4.90 Å². The molecule has 0 aliphatic carbocycles. The minimum atomic E-state index is -0.876. The average Bonchev–Trinajstić information content (AvgIpc) is 2.30. The molecule has 0 bridgehead atoms. The van der Waals surface area contributed by atoms with Crippen LogP contribution in [-0.2, 0) is 9.59 Å². The van der Waals surface area contributed by atoms with E-state index in [1.807, 2.05) is 0 Å². The van der Waals surface area contributed by atoms with Gasteiger partial charge in [0.1, 0.15) is 0 Å². The van der Waals surface area contributed by atoms with Gasteiger partial charge in [0.05, 0.1) is 6.42 Å². The summed E-state index contributed by atoms with van der Waals surface area (Å²) in [5.74, 6) is -0.363. The van der Waals surface area contributed by atoms with Crippen LogP contribution in [0.4, 0.5) is 0 Å². The van der Waals surface area contributed by atoms with E-state index in [4.69, 9.17) is 10.8 Å². The lowest BCUT2D eigenvalue weighted by Crippen LogP contribution is -2.29. The molecule has 1 amide bonds. The van der Waals surface area contributed by atoms with Crippen LogP contribution in [0.15, 0.2) is 0 Å². The quantitative estimate of drug-likeness (QED) is 0.635. The maximum Gasteiger partial charge on any atom is 0.305 e. The minimum Gasteiger partial charge on any atom is -0.481 e. The van der Waals surface area contributed by atoms with Crippen LogP contribution in [0.1, 0.15) is 39.0 Å². The highest BCUT2D eigenvalue weighted by molar-refractivity contribution is 5.76. The monoisotopic (exact) mass is 244 g/mol. The van der Waals surface area contributed by atoms with Crippen molar-refractivity contribution in [2.45, 2.75) is 39.0 Å². The van der Waals surface area contributed by atoms with Gasteiger partial charge in [-0.2, -0.15) is 0 Å². The molecule has 0 saturated heterocycles. The first-order chi connectivity index (χ1) is 8.01. The zero-order valence-corrected chi connectivity index (χ0v) is 10.8. The van der Waals surface area contributed by atoms with Crippen LogP contribution in [0, 0.1) is 5.92 Å². The smallest absolute Gasteiger partial charge is 0.305 e. The molecule has 100 valence electrons. The van der Waals surface area contributed by atoms with Gasteiger partial charge in [-0.3, -0.25) is 9.59 Å². The molecule has 0 aliphatic heterocycles. The Bertz CT molecular complexity index is 244. The van der Waals surface area contributed by atoms with Gasteiger partial charge in [-0.05, 0) is 25.3 Å². The standard InChI is InChI=1S/C12H24N2O3/c1-3-10(6-8-13)4-5-11(15)14(2)9-7-12(16)17/h10H,3-9,13H2,1-2H3,(H,16,17). The molecule has 0 spiro atoms. The number of carboxylic acid groups (broad SMARTS) is 1. The van der Waals surface area contributed by atoms with Crippen molar-refractivity contribution in [3.8, 4) is 0 Å². The molecule has 1 atom stereocenters. The zero-order chi connectivity index (χ0) is 13.3. The van der Waals surface area contributed by atoms with Crippen molar-refractivity contribution in [3.63, 3.8) is 0 Å². The highest BCUT2D eigenvalue weighted by atomic mass is 16.4. The van der Waals surface area contributed by atoms with Crippen molar-refractivity contribution in [1.82, 2.24) is 4.90 Å². The molecule has 0 aliphatic rings. The Hall–Kier alpha value is -1.10. The summed E-state index contributed by atoms with van der Waals surface area (Å²) in [6, 6.07) is 0. The predicted octanol–water partition coefficient (Wildman–Crippen LogP) is 1.07. The lowest BCUT2D eigenvalue weighted by Gasteiger charge is -2.18. The normalized spacial score (nSPS) is 12.2. The third-order valence-corrected chi connectivity index (χ3v) is 3.01. The number of aliphatic carboxylic acids is 1. The lowest BCUT2D eigenvalue weighted by atomic mass is 9.96. The van der Waals surface area contributed by atoms with E-state index in [9.17, 15) is 9.59 Å². The largest absolute Gasteiger partial charge is 0.481 e. The molecule has 0 aromatic rings. The molecule has 1 unspecified atom stereocenters. The van der Waals surface area contributed by atoms with Crippen molar-refractivity contribution in [2.24, 2.45) is 11.7 Å². The Morgan fingerprint density at radius 3 is 2.41 bits per heavy atom. The molecule has 5 heteroatoms. The third kappa shape index (κ3) is 7.74. The van der Waals surface area contributed by atoms with Gasteiger partial charge in [-0.25, -0.2) is 0 Å². The maximum absolute atomic E-state index is 11.7. The van der Waals surface area contributed by atoms with E-state index in [1.54, 1.807) is 7.05 Å². The Labute approximate surface area is 103 Å². The first-order valence-corrected chi connectivity index (χ1v) is 6.17. The van der Waals surface area contributed by atoms with Gasteiger partial charge < -0.3 is 15.7 Å². The summed E-state index contributed by atoms with van der Waals surface area (Å²) in [6.07, 6.45) is 3.30. The fraction of sp³-hybridized carbons (Fsp3) is 0.833. The number of carboxylic acids is 1. The first-order valence-electron chi connectivity index (χ1n) is 6.17. The molecule has 3 N–H and O–H groups in total. The van der Waals surface area contributed by atoms with Gasteiger partial charge in [-0.15, -0.1) is 0 Å². The minimum absolute atomic E-state index is 0.00223. The number of rotatable bonds is 9. The van der Waals surface area contributed by atoms with Crippen molar-refractivity contribution >= 4 is 11.9 Å². The van der Waals surface area contributed by atoms with E-state index >= 15 is 0 Å². The molecular weight excluding hydrogens is 220 g/mol. The van der Waals surface area contributed by atoms with Gasteiger partial charge in [-0.1, -0.05) is 13.3 Å². The van der Waals surface area contributed by atoms with E-state index in [-0.39, 0.29) is 18.9 Å². The molecule has 0 aromatic heterocycles. The first kappa shape index (κ1) is 15.9. The van der Waals surface area contributed by atoms with Crippen LogP contribution in [0.5, 0.6) is 0 Å². The van der Waals surface area contributed by atoms with Gasteiger partial charge in [0.15, 0.2) is 0 Å². The fourth-order valence-electron chi connectivity index (χ4n) is 1.69. The van der Waals surface area contributed by atoms with Crippen molar-refractivity contribution in [3.05, 3.63) is 0 Å². The van der Waals surface area contributed by atoms with Crippen molar-refractivity contribution < 1.29 is 14.7 Å². The van der Waals surface area contributed by atoms with E-state index < -0.39 is 5.97 Å². The summed E-state index contributed by atoms with van der Waals surface area (Å²) < 4.78 is 0. The molecule has 0 heterocycles. The fourth-order valence-corrected chi connectivity index (χ4v) is 1.69. The zero-order valence-electron chi connectivity index (χ0n) is 10.8. The Kier molecular flexibility index (Phi) is 8.40. The SMILES string of the molecule is CCC(CCN)CCC(=O)N(C)CCC(=O)O. The number of carbonyl (C=O) groups is 2. The maximum atomic E-state index is 11.7. The summed E-state index contributed by atoms with van der Waals surface area (Å²) in [4.78, 5) is 23.5. The number of hydrogen-bond acceptors (Lipinski definition) is 3. The summed E-state index contributed by atoms with van der Waals surface area (Å²) in [6.45, 7) is 3.03. The van der Waals surface area contributed by atoms with Gasteiger partial charge in [0.25, 0.3) is 0 Å². The van der Waals surface area contributed by atoms with Crippen molar-refractivity contribution in [2.75, 3.05) is 20.1 Å². The summed E-state index contributed by atoms with van der Waals surface area (Å²) >= 11 is 0. The molecule has 0 fully saturated rings. The van der Waals surface area contributed by atoms with Crippen LogP contribution in [0.2, 0.25) is 0 Å². The number of hydrogen-bond donors (Lipinski definition) is 2. The van der Waals surface area contributed by atoms with Crippen LogP contribution in [-0.4, -0.2) is 42.0 Å². The average molecular weight is 244 g/mol. The Morgan fingerprint density at radius 1 is 1.29 bits per heavy atom. The van der Waals surface area contributed by atoms with E-state index in [2.05, 4.69) is 6.92 Å². The second kappa shape index (κ2) is 8.98. The van der Waals surface area contributed by atoms with E-state index in [0.29, 0.717) is 18.9 Å². The molecular formula is C12H24N2O3. The number of carbonyl (C=O) groups excluding carboxylic acids is 1. The summed E-state index contributed by atoms with van der Waals surface area (Å²) in [7, 11) is 1.65. The molecule has 0 saturated carbocycles. The van der Waals surface area contributed by atoms with Crippen LogP contribution in [0.25, 0.3) is 0 Å². The second-order valence-corrected chi connectivity index (χ2v) is 4.35. The Morgan fingerprint density at radius 2 is 1.94 bits per heavy atom. The number of amides is 1. The number of nitrogens with zero attached hydrogens (tertiary/aromatic N) is 1. The molecule has 0 radical (unpaired) electrons. The molecule has 0 aromatic carbocycles. The van der Waals surface area contributed by atoms with E-state index in [0.717, 1.165) is 19.3 Å². The molecule has 0 rings (SSSR count). The predicted molar refractivity (Wildman–Crippen MR) is 66.6 cm³/mol. The van der Waals surface area contributed by atoms with Crippen LogP contribution < -0.4 is 5.73 Å². The molecule has 17 heavy (non-hydrogen) atoms. The van der Waals surface area contributed by atoms with Crippen LogP contribution >= 0.6 is 0 Å². The Balaban J connectivity index is 3.86. The highest BCUT2D eigenvalue weighted by Crippen LogP contribution is 2.15. The molecule has 5 nitrogen and oxygen atoms in total. The third-order valence-electron chi connectivity index (χ3n) is 3.01. The highest BCUT2D eigenvalue weighted by Gasteiger charge is 2.13. The topological polar surface area (TPSA) is 83.6 Å². The summed E-state index contributed by atoms with van der Waals surface area (Å²) in [5, 5.41) is 8.52. The van der Waals surface area contributed by atoms with Crippen molar-refractivity contribution in [1.29, 1.82) is 0 Å². The number of nitrogens with two attached hydrogens (primary N) is 1. The van der Waals surface area contributed by atoms with Gasteiger partial charge in [0, 0.05) is 20.0 Å². The van der Waals surface area contributed by atoms with Gasteiger partial charge >= 0.3 is 5.97 Å². The summed E-state index contributed by atoms with van der Waals surface area (Å²) in [5.41, 5.74) is 5.49. The lowest BCUT2D eigenvalue weighted by molar-refractivity contribution is -0.138. The second-order valence-electron chi connectivity index (χ2n) is 4.35. The van der Waals surface area contributed by atoms with Gasteiger partial charge in [0.2, 0.25) is 5.91 Å².